The molecule has 0 unspecified atom stereocenters. The van der Waals surface area contributed by atoms with Crippen molar-refractivity contribution in [1.82, 2.24) is 4.98 Å². The average molecular weight is 385 g/mol. The van der Waals surface area contributed by atoms with Gasteiger partial charge in [0.05, 0.1) is 12.8 Å². The zero-order valence-electron chi connectivity index (χ0n) is 15.7. The van der Waals surface area contributed by atoms with Crippen molar-refractivity contribution in [2.24, 2.45) is 0 Å². The molecule has 0 fully saturated rings. The zero-order chi connectivity index (χ0) is 19.6. The second kappa shape index (κ2) is 7.84. The summed E-state index contributed by atoms with van der Waals surface area (Å²) in [5, 5.41) is 4.42. The molecular formula is C21H21ClN2O3. The lowest BCUT2D eigenvalue weighted by atomic mass is 10.1. The van der Waals surface area contributed by atoms with Gasteiger partial charge in [-0.1, -0.05) is 11.6 Å². The molecule has 3 aromatic rings. The lowest BCUT2D eigenvalue weighted by Crippen LogP contribution is -2.30. The molecule has 1 heterocycles. The van der Waals surface area contributed by atoms with Crippen molar-refractivity contribution in [3.8, 4) is 11.5 Å². The van der Waals surface area contributed by atoms with Gasteiger partial charge in [-0.25, -0.2) is 0 Å². The van der Waals surface area contributed by atoms with Crippen LogP contribution in [0.1, 0.15) is 18.1 Å². The van der Waals surface area contributed by atoms with E-state index in [1.807, 2.05) is 38.1 Å². The largest absolute Gasteiger partial charge is 0.494 e. The molecule has 1 N–H and O–H groups in total. The molecule has 3 rings (SSSR count). The van der Waals surface area contributed by atoms with E-state index in [0.29, 0.717) is 27.7 Å². The summed E-state index contributed by atoms with van der Waals surface area (Å²) in [6.07, 6.45) is 1.01. The monoisotopic (exact) mass is 384 g/mol. The maximum absolute atomic E-state index is 12.6. The summed E-state index contributed by atoms with van der Waals surface area (Å²) in [6, 6.07) is 10.9. The Kier molecular flexibility index (Phi) is 5.51. The Labute approximate surface area is 163 Å². The zero-order valence-corrected chi connectivity index (χ0v) is 16.4. The third-order valence-electron chi connectivity index (χ3n) is 4.30. The number of rotatable bonds is 5. The Balaban J connectivity index is 1.80. The first-order valence-electron chi connectivity index (χ1n) is 8.56. The maximum Gasteiger partial charge on any atom is 0.265 e. The fraction of sp³-hybridized carbons (Fsp3) is 0.238. The number of carbonyl (C=O) groups is 1. The van der Waals surface area contributed by atoms with Crippen LogP contribution in [-0.2, 0) is 4.79 Å². The molecule has 2 aromatic carbocycles. The minimum absolute atomic E-state index is 0.254. The van der Waals surface area contributed by atoms with E-state index >= 15 is 0 Å². The van der Waals surface area contributed by atoms with Gasteiger partial charge in [-0.05, 0) is 68.3 Å². The number of benzene rings is 2. The van der Waals surface area contributed by atoms with Gasteiger partial charge >= 0.3 is 0 Å². The van der Waals surface area contributed by atoms with Crippen LogP contribution in [-0.4, -0.2) is 24.1 Å². The summed E-state index contributed by atoms with van der Waals surface area (Å²) >= 11 is 6.19. The molecule has 27 heavy (non-hydrogen) atoms. The molecule has 0 aliphatic carbocycles. The minimum Gasteiger partial charge on any atom is -0.494 e. The van der Waals surface area contributed by atoms with E-state index in [4.69, 9.17) is 21.1 Å². The Bertz CT molecular complexity index is 981. The van der Waals surface area contributed by atoms with E-state index in [9.17, 15) is 4.79 Å². The number of pyridine rings is 1. The van der Waals surface area contributed by atoms with Crippen molar-refractivity contribution in [2.75, 3.05) is 12.4 Å². The number of hydrogen-bond donors (Lipinski definition) is 1. The third-order valence-corrected chi connectivity index (χ3v) is 4.90. The number of methoxy groups -OCH3 is 1. The topological polar surface area (TPSA) is 60.5 Å². The summed E-state index contributed by atoms with van der Waals surface area (Å²) in [5.74, 6) is 1.01. The molecule has 0 spiro atoms. The number of hydrogen-bond acceptors (Lipinski definition) is 4. The Hall–Kier alpha value is -2.79. The van der Waals surface area contributed by atoms with E-state index in [0.717, 1.165) is 16.5 Å². The fourth-order valence-electron chi connectivity index (χ4n) is 2.89. The summed E-state index contributed by atoms with van der Waals surface area (Å²) in [7, 11) is 1.59. The predicted octanol–water partition coefficient (Wildman–Crippen LogP) is 4.92. The van der Waals surface area contributed by atoms with Crippen molar-refractivity contribution >= 4 is 34.1 Å². The maximum atomic E-state index is 12.6. The van der Waals surface area contributed by atoms with Crippen molar-refractivity contribution in [1.29, 1.82) is 0 Å². The molecule has 0 bridgehead atoms. The highest BCUT2D eigenvalue weighted by atomic mass is 35.5. The van der Waals surface area contributed by atoms with Crippen molar-refractivity contribution in [3.63, 3.8) is 0 Å². The molecule has 6 heteroatoms. The first kappa shape index (κ1) is 19.0. The van der Waals surface area contributed by atoms with E-state index in [1.165, 1.54) is 0 Å². The molecule has 1 aromatic heterocycles. The van der Waals surface area contributed by atoms with Crippen LogP contribution in [0.15, 0.2) is 42.6 Å². The van der Waals surface area contributed by atoms with Gasteiger partial charge in [0.25, 0.3) is 5.91 Å². The van der Waals surface area contributed by atoms with Crippen LogP contribution >= 0.6 is 11.6 Å². The second-order valence-electron chi connectivity index (χ2n) is 6.34. The Morgan fingerprint density at radius 3 is 2.56 bits per heavy atom. The van der Waals surface area contributed by atoms with Gasteiger partial charge in [0.2, 0.25) is 0 Å². The van der Waals surface area contributed by atoms with Crippen molar-refractivity contribution in [3.05, 3.63) is 58.7 Å². The van der Waals surface area contributed by atoms with Gasteiger partial charge in [-0.15, -0.1) is 0 Å². The summed E-state index contributed by atoms with van der Waals surface area (Å²) in [6.45, 7) is 5.52. The molecule has 1 amide bonds. The van der Waals surface area contributed by atoms with Gasteiger partial charge in [0, 0.05) is 16.6 Å². The second-order valence-corrected chi connectivity index (χ2v) is 6.71. The van der Waals surface area contributed by atoms with Gasteiger partial charge < -0.3 is 14.8 Å². The van der Waals surface area contributed by atoms with E-state index in [-0.39, 0.29) is 5.91 Å². The first-order chi connectivity index (χ1) is 12.9. The van der Waals surface area contributed by atoms with Crippen LogP contribution in [0.5, 0.6) is 11.5 Å². The number of carbonyl (C=O) groups excluding carboxylic acids is 1. The molecule has 0 saturated heterocycles. The summed E-state index contributed by atoms with van der Waals surface area (Å²) in [4.78, 5) is 17.0. The summed E-state index contributed by atoms with van der Waals surface area (Å²) in [5.41, 5.74) is 3.16. The van der Waals surface area contributed by atoms with Gasteiger partial charge in [0.15, 0.2) is 6.10 Å². The standard InChI is InChI=1S/C21H21ClN2O3/c1-12-10-15(11-13(2)19(12)22)27-14(3)21(25)24-17-7-8-18(26-4)20-16(17)6-5-9-23-20/h5-11,14H,1-4H3,(H,24,25)/t14-/m0/s1. The molecule has 1 atom stereocenters. The Morgan fingerprint density at radius 1 is 1.19 bits per heavy atom. The Morgan fingerprint density at radius 2 is 1.89 bits per heavy atom. The first-order valence-corrected chi connectivity index (χ1v) is 8.94. The summed E-state index contributed by atoms with van der Waals surface area (Å²) < 4.78 is 11.1. The smallest absolute Gasteiger partial charge is 0.265 e. The minimum atomic E-state index is -0.682. The molecule has 0 radical (unpaired) electrons. The lowest BCUT2D eigenvalue weighted by molar-refractivity contribution is -0.122. The fourth-order valence-corrected chi connectivity index (χ4v) is 3.00. The molecule has 140 valence electrons. The normalized spacial score (nSPS) is 11.9. The van der Waals surface area contributed by atoms with Crippen LogP contribution in [0, 0.1) is 13.8 Å². The number of nitrogens with zero attached hydrogens (tertiary/aromatic N) is 1. The highest BCUT2D eigenvalue weighted by Crippen LogP contribution is 2.30. The number of ether oxygens (including phenoxy) is 2. The van der Waals surface area contributed by atoms with Crippen LogP contribution < -0.4 is 14.8 Å². The average Bonchev–Trinajstić information content (AvgIpc) is 2.66. The molecule has 5 nitrogen and oxygen atoms in total. The predicted molar refractivity (Wildman–Crippen MR) is 108 cm³/mol. The van der Waals surface area contributed by atoms with Crippen LogP contribution in [0.3, 0.4) is 0 Å². The number of anilines is 1. The molecule has 0 aliphatic heterocycles. The number of aryl methyl sites for hydroxylation is 2. The lowest BCUT2D eigenvalue weighted by Gasteiger charge is -2.17. The number of amides is 1. The van der Waals surface area contributed by atoms with Crippen molar-refractivity contribution < 1.29 is 14.3 Å². The van der Waals surface area contributed by atoms with Crippen LogP contribution in [0.4, 0.5) is 5.69 Å². The van der Waals surface area contributed by atoms with Crippen LogP contribution in [0.25, 0.3) is 10.9 Å². The molecule has 0 saturated carbocycles. The van der Waals surface area contributed by atoms with Gasteiger partial charge in [-0.2, -0.15) is 0 Å². The van der Waals surface area contributed by atoms with Gasteiger partial charge in [0.1, 0.15) is 17.0 Å². The molecular weight excluding hydrogens is 364 g/mol. The third kappa shape index (κ3) is 3.98. The highest BCUT2D eigenvalue weighted by Gasteiger charge is 2.18. The number of nitrogens with one attached hydrogen (secondary N) is 1. The quantitative estimate of drug-likeness (QED) is 0.678. The number of halogens is 1. The number of aromatic nitrogens is 1. The van der Waals surface area contributed by atoms with E-state index in [2.05, 4.69) is 10.3 Å². The number of fused-ring (bicyclic) bond motifs is 1. The van der Waals surface area contributed by atoms with Crippen LogP contribution in [0.2, 0.25) is 5.02 Å². The molecule has 0 aliphatic rings. The van der Waals surface area contributed by atoms with E-state index in [1.54, 1.807) is 32.4 Å². The van der Waals surface area contributed by atoms with E-state index < -0.39 is 6.10 Å². The van der Waals surface area contributed by atoms with Crippen molar-refractivity contribution in [2.45, 2.75) is 26.9 Å². The highest BCUT2D eigenvalue weighted by molar-refractivity contribution is 6.32. The SMILES string of the molecule is COc1ccc(NC(=O)[C@H](C)Oc2cc(C)c(Cl)c(C)c2)c2cccnc12. The van der Waals surface area contributed by atoms with Gasteiger partial charge in [-0.3, -0.25) is 9.78 Å².